The lowest BCUT2D eigenvalue weighted by molar-refractivity contribution is -0.122. The van der Waals surface area contributed by atoms with Gasteiger partial charge in [-0.25, -0.2) is 4.98 Å². The molecule has 2 amide bonds. The summed E-state index contributed by atoms with van der Waals surface area (Å²) in [6, 6.07) is 0.392. The predicted molar refractivity (Wildman–Crippen MR) is 87.2 cm³/mol. The minimum Gasteiger partial charge on any atom is -0.381 e. The Morgan fingerprint density at radius 3 is 2.62 bits per heavy atom. The summed E-state index contributed by atoms with van der Waals surface area (Å²) in [6.07, 6.45) is 5.26. The first-order valence-corrected chi connectivity index (χ1v) is 8.44. The van der Waals surface area contributed by atoms with Crippen LogP contribution in [0.4, 0.5) is 0 Å². The second-order valence-corrected chi connectivity index (χ2v) is 6.55. The Bertz CT molecular complexity index is 596. The molecule has 3 rings (SSSR count). The molecule has 2 saturated heterocycles. The molecule has 24 heavy (non-hydrogen) atoms. The molecule has 1 aromatic rings. The number of carbonyl (C=O) groups excluding carboxylic acids is 2. The van der Waals surface area contributed by atoms with Crippen LogP contribution in [-0.4, -0.2) is 76.6 Å². The van der Waals surface area contributed by atoms with E-state index in [9.17, 15) is 9.59 Å². The highest BCUT2D eigenvalue weighted by atomic mass is 16.5. The minimum absolute atomic E-state index is 0.150. The summed E-state index contributed by atoms with van der Waals surface area (Å²) < 4.78 is 7.12. The van der Waals surface area contributed by atoms with E-state index in [-0.39, 0.29) is 17.7 Å². The molecule has 0 radical (unpaired) electrons. The number of nitrogens with zero attached hydrogens (tertiary/aromatic N) is 4. The van der Waals surface area contributed by atoms with Gasteiger partial charge in [0, 0.05) is 64.9 Å². The van der Waals surface area contributed by atoms with Gasteiger partial charge in [-0.05, 0) is 12.8 Å². The van der Waals surface area contributed by atoms with Gasteiger partial charge < -0.3 is 19.9 Å². The Balaban J connectivity index is 1.74. The van der Waals surface area contributed by atoms with Crippen LogP contribution in [0.25, 0.3) is 0 Å². The van der Waals surface area contributed by atoms with Crippen molar-refractivity contribution >= 4 is 11.8 Å². The molecular weight excluding hydrogens is 310 g/mol. The molecule has 132 valence electrons. The molecule has 1 unspecified atom stereocenters. The van der Waals surface area contributed by atoms with E-state index in [4.69, 9.17) is 10.5 Å². The van der Waals surface area contributed by atoms with E-state index in [2.05, 4.69) is 9.88 Å². The van der Waals surface area contributed by atoms with Gasteiger partial charge in [-0.15, -0.1) is 0 Å². The van der Waals surface area contributed by atoms with Crippen molar-refractivity contribution in [3.63, 3.8) is 0 Å². The van der Waals surface area contributed by atoms with Crippen molar-refractivity contribution in [1.82, 2.24) is 19.4 Å². The average molecular weight is 335 g/mol. The summed E-state index contributed by atoms with van der Waals surface area (Å²) in [5.74, 6) is -0.480. The van der Waals surface area contributed by atoms with E-state index >= 15 is 0 Å². The quantitative estimate of drug-likeness (QED) is 0.800. The number of ether oxygens (including phenoxy) is 1. The van der Waals surface area contributed by atoms with E-state index in [1.165, 1.54) is 0 Å². The van der Waals surface area contributed by atoms with Crippen molar-refractivity contribution in [2.75, 3.05) is 39.4 Å². The van der Waals surface area contributed by atoms with E-state index in [0.717, 1.165) is 32.6 Å². The van der Waals surface area contributed by atoms with Gasteiger partial charge in [0.2, 0.25) is 5.91 Å². The van der Waals surface area contributed by atoms with Crippen molar-refractivity contribution < 1.29 is 14.3 Å². The second kappa shape index (κ2) is 7.31. The molecule has 3 heterocycles. The maximum Gasteiger partial charge on any atom is 0.289 e. The molecule has 2 fully saturated rings. The van der Waals surface area contributed by atoms with Crippen LogP contribution >= 0.6 is 0 Å². The molecule has 8 nitrogen and oxygen atoms in total. The van der Waals surface area contributed by atoms with Crippen LogP contribution in [0.3, 0.4) is 0 Å². The molecule has 2 N–H and O–H groups in total. The predicted octanol–water partition coefficient (Wildman–Crippen LogP) is -0.542. The first-order valence-electron chi connectivity index (χ1n) is 8.44. The van der Waals surface area contributed by atoms with Crippen molar-refractivity contribution in [2.24, 2.45) is 18.7 Å². The first-order chi connectivity index (χ1) is 11.6. The monoisotopic (exact) mass is 335 g/mol. The number of aromatic nitrogens is 2. The van der Waals surface area contributed by atoms with E-state index in [1.807, 2.05) is 0 Å². The maximum absolute atomic E-state index is 12.7. The summed E-state index contributed by atoms with van der Waals surface area (Å²) in [7, 11) is 1.79. The Labute approximate surface area is 141 Å². The van der Waals surface area contributed by atoms with Gasteiger partial charge in [-0.1, -0.05) is 0 Å². The SMILES string of the molecule is Cn1ccnc1C(=O)N1CCN(C2CCOCC2)CC(C(N)=O)C1. The molecule has 0 spiro atoms. The molecule has 1 atom stereocenters. The van der Waals surface area contributed by atoms with E-state index in [1.54, 1.807) is 28.9 Å². The lowest BCUT2D eigenvalue weighted by Crippen LogP contribution is -2.44. The zero-order valence-electron chi connectivity index (χ0n) is 14.1. The maximum atomic E-state index is 12.7. The normalized spacial score (nSPS) is 23.9. The topological polar surface area (TPSA) is 93.7 Å². The average Bonchev–Trinajstić information content (AvgIpc) is 2.88. The second-order valence-electron chi connectivity index (χ2n) is 6.55. The molecule has 1 aromatic heterocycles. The van der Waals surface area contributed by atoms with Crippen LogP contribution in [0.15, 0.2) is 12.4 Å². The summed E-state index contributed by atoms with van der Waals surface area (Å²) in [4.78, 5) is 32.7. The summed E-state index contributed by atoms with van der Waals surface area (Å²) in [6.45, 7) is 3.76. The third-order valence-electron chi connectivity index (χ3n) is 4.96. The van der Waals surface area contributed by atoms with E-state index in [0.29, 0.717) is 31.5 Å². The number of nitrogens with two attached hydrogens (primary N) is 1. The highest BCUT2D eigenvalue weighted by molar-refractivity contribution is 5.91. The molecule has 0 aromatic carbocycles. The number of rotatable bonds is 3. The Kier molecular flexibility index (Phi) is 5.15. The lowest BCUT2D eigenvalue weighted by Gasteiger charge is -2.34. The molecule has 2 aliphatic rings. The number of hydrogen-bond donors (Lipinski definition) is 1. The summed E-state index contributed by atoms with van der Waals surface area (Å²) in [5, 5.41) is 0. The number of hydrogen-bond acceptors (Lipinski definition) is 5. The van der Waals surface area contributed by atoms with Crippen LogP contribution in [0.1, 0.15) is 23.5 Å². The summed E-state index contributed by atoms with van der Waals surface area (Å²) >= 11 is 0. The Morgan fingerprint density at radius 1 is 1.25 bits per heavy atom. The third-order valence-corrected chi connectivity index (χ3v) is 4.96. The standard InChI is InChI=1S/C16H25N5O3/c1-19-5-4-18-15(19)16(23)21-7-6-20(10-12(11-21)14(17)22)13-2-8-24-9-3-13/h4-5,12-13H,2-3,6-11H2,1H3,(H2,17,22). The van der Waals surface area contributed by atoms with Gasteiger partial charge in [0.15, 0.2) is 5.82 Å². The fourth-order valence-corrected chi connectivity index (χ4v) is 3.50. The number of carbonyl (C=O) groups is 2. The van der Waals surface area contributed by atoms with Gasteiger partial charge >= 0.3 is 0 Å². The molecule has 2 aliphatic heterocycles. The van der Waals surface area contributed by atoms with Crippen molar-refractivity contribution in [3.05, 3.63) is 18.2 Å². The van der Waals surface area contributed by atoms with Gasteiger partial charge in [0.25, 0.3) is 5.91 Å². The zero-order chi connectivity index (χ0) is 17.1. The molecule has 0 aliphatic carbocycles. The van der Waals surface area contributed by atoms with Gasteiger partial charge in [0.05, 0.1) is 5.92 Å². The van der Waals surface area contributed by atoms with Crippen LogP contribution < -0.4 is 5.73 Å². The van der Waals surface area contributed by atoms with Crippen molar-refractivity contribution in [2.45, 2.75) is 18.9 Å². The van der Waals surface area contributed by atoms with Crippen molar-refractivity contribution in [3.8, 4) is 0 Å². The first kappa shape index (κ1) is 16.9. The number of primary amides is 1. The molecule has 8 heteroatoms. The van der Waals surface area contributed by atoms with Crippen LogP contribution in [0.2, 0.25) is 0 Å². The van der Waals surface area contributed by atoms with E-state index < -0.39 is 0 Å². The Morgan fingerprint density at radius 2 is 2.00 bits per heavy atom. The number of aryl methyl sites for hydroxylation is 1. The smallest absolute Gasteiger partial charge is 0.289 e. The molecule has 0 saturated carbocycles. The highest BCUT2D eigenvalue weighted by Gasteiger charge is 2.33. The fraction of sp³-hybridized carbons (Fsp3) is 0.688. The number of amides is 2. The largest absolute Gasteiger partial charge is 0.381 e. The summed E-state index contributed by atoms with van der Waals surface area (Å²) in [5.41, 5.74) is 5.59. The van der Waals surface area contributed by atoms with Crippen LogP contribution in [-0.2, 0) is 16.6 Å². The van der Waals surface area contributed by atoms with Gasteiger partial charge in [-0.2, -0.15) is 0 Å². The molecular formula is C16H25N5O3. The highest BCUT2D eigenvalue weighted by Crippen LogP contribution is 2.20. The van der Waals surface area contributed by atoms with Gasteiger partial charge in [0.1, 0.15) is 0 Å². The van der Waals surface area contributed by atoms with Crippen LogP contribution in [0.5, 0.6) is 0 Å². The lowest BCUT2D eigenvalue weighted by atomic mass is 10.0. The minimum atomic E-state index is -0.362. The van der Waals surface area contributed by atoms with Crippen molar-refractivity contribution in [1.29, 1.82) is 0 Å². The zero-order valence-corrected chi connectivity index (χ0v) is 14.1. The third kappa shape index (κ3) is 3.59. The van der Waals surface area contributed by atoms with Crippen LogP contribution in [0, 0.1) is 5.92 Å². The molecule has 0 bridgehead atoms. The van der Waals surface area contributed by atoms with Gasteiger partial charge in [-0.3, -0.25) is 14.5 Å². The Hall–Kier alpha value is -1.93. The number of imidazole rings is 1. The fourth-order valence-electron chi connectivity index (χ4n) is 3.50.